The zero-order valence-corrected chi connectivity index (χ0v) is 21.8. The van der Waals surface area contributed by atoms with Crippen molar-refractivity contribution in [1.82, 2.24) is 10.6 Å². The van der Waals surface area contributed by atoms with Gasteiger partial charge in [-0.15, -0.1) is 24.0 Å². The summed E-state index contributed by atoms with van der Waals surface area (Å²) in [5.74, 6) is 2.33. The van der Waals surface area contributed by atoms with Crippen LogP contribution in [0.1, 0.15) is 24.5 Å². The van der Waals surface area contributed by atoms with Gasteiger partial charge in [-0.2, -0.15) is 0 Å². The molecule has 32 heavy (non-hydrogen) atoms. The van der Waals surface area contributed by atoms with Crippen molar-refractivity contribution in [3.05, 3.63) is 59.7 Å². The second-order valence-corrected chi connectivity index (χ2v) is 7.90. The Morgan fingerprint density at radius 1 is 1.12 bits per heavy atom. The van der Waals surface area contributed by atoms with E-state index in [-0.39, 0.29) is 24.0 Å². The highest BCUT2D eigenvalue weighted by atomic mass is 127. The highest BCUT2D eigenvalue weighted by Crippen LogP contribution is 2.23. The normalized spacial score (nSPS) is 15.9. The minimum absolute atomic E-state index is 0. The first-order chi connectivity index (χ1) is 15.2. The molecule has 7 heteroatoms. The van der Waals surface area contributed by atoms with Crippen molar-refractivity contribution in [2.75, 3.05) is 51.4 Å². The van der Waals surface area contributed by atoms with E-state index < -0.39 is 0 Å². The zero-order chi connectivity index (χ0) is 21.9. The number of aryl methyl sites for hydroxylation is 1. The fourth-order valence-corrected chi connectivity index (χ4v) is 3.81. The van der Waals surface area contributed by atoms with Gasteiger partial charge in [0.05, 0.1) is 6.61 Å². The average molecular weight is 553 g/mol. The fourth-order valence-electron chi connectivity index (χ4n) is 3.81. The van der Waals surface area contributed by atoms with Crippen LogP contribution in [-0.2, 0) is 11.3 Å². The number of benzene rings is 2. The number of nitrogens with zero attached hydrogens (tertiary/aromatic N) is 2. The fraction of sp³-hybridized carbons (Fsp3) is 0.480. The molecule has 1 aliphatic heterocycles. The van der Waals surface area contributed by atoms with Gasteiger partial charge < -0.3 is 25.0 Å². The van der Waals surface area contributed by atoms with Gasteiger partial charge in [0.25, 0.3) is 0 Å². The maximum atomic E-state index is 5.95. The Bertz CT molecular complexity index is 832. The first kappa shape index (κ1) is 26.3. The van der Waals surface area contributed by atoms with Crippen LogP contribution >= 0.6 is 24.0 Å². The van der Waals surface area contributed by atoms with E-state index >= 15 is 0 Å². The first-order valence-corrected chi connectivity index (χ1v) is 11.2. The molecule has 0 spiro atoms. The van der Waals surface area contributed by atoms with Crippen molar-refractivity contribution >= 4 is 35.6 Å². The number of aliphatic imine (C=N–C) groups is 1. The smallest absolute Gasteiger partial charge is 0.191 e. The third kappa shape index (κ3) is 8.16. The van der Waals surface area contributed by atoms with Crippen molar-refractivity contribution in [3.8, 4) is 5.75 Å². The first-order valence-electron chi connectivity index (χ1n) is 11.2. The molecule has 0 aliphatic carbocycles. The van der Waals surface area contributed by atoms with Crippen LogP contribution in [0.25, 0.3) is 0 Å². The third-order valence-corrected chi connectivity index (χ3v) is 5.55. The van der Waals surface area contributed by atoms with E-state index in [4.69, 9.17) is 9.47 Å². The van der Waals surface area contributed by atoms with E-state index in [2.05, 4.69) is 76.0 Å². The van der Waals surface area contributed by atoms with Crippen LogP contribution in [0.15, 0.2) is 53.5 Å². The van der Waals surface area contributed by atoms with Gasteiger partial charge in [-0.25, -0.2) is 0 Å². The summed E-state index contributed by atoms with van der Waals surface area (Å²) in [6.45, 7) is 9.67. The van der Waals surface area contributed by atoms with E-state index in [1.807, 2.05) is 14.0 Å². The van der Waals surface area contributed by atoms with E-state index in [0.29, 0.717) is 32.3 Å². The molecule has 2 N–H and O–H groups in total. The van der Waals surface area contributed by atoms with Crippen LogP contribution in [-0.4, -0.2) is 52.5 Å². The lowest BCUT2D eigenvalue weighted by atomic mass is 10.1. The van der Waals surface area contributed by atoms with Gasteiger partial charge in [0.1, 0.15) is 12.4 Å². The Morgan fingerprint density at radius 2 is 1.94 bits per heavy atom. The molecule has 176 valence electrons. The molecular formula is C25H37IN4O2. The van der Waals surface area contributed by atoms with E-state index in [0.717, 1.165) is 36.9 Å². The molecule has 1 fully saturated rings. The quantitative estimate of drug-likeness (QED) is 0.200. The molecule has 0 radical (unpaired) electrons. The third-order valence-electron chi connectivity index (χ3n) is 5.55. The number of rotatable bonds is 10. The van der Waals surface area contributed by atoms with Crippen LogP contribution in [0.5, 0.6) is 5.75 Å². The van der Waals surface area contributed by atoms with Crippen molar-refractivity contribution in [2.45, 2.75) is 26.8 Å². The summed E-state index contributed by atoms with van der Waals surface area (Å²) in [7, 11) is 1.81. The summed E-state index contributed by atoms with van der Waals surface area (Å²) in [4.78, 5) is 6.85. The van der Waals surface area contributed by atoms with Crippen molar-refractivity contribution < 1.29 is 9.47 Å². The topological polar surface area (TPSA) is 58.1 Å². The number of ether oxygens (including phenoxy) is 2. The summed E-state index contributed by atoms with van der Waals surface area (Å²) >= 11 is 0. The maximum Gasteiger partial charge on any atom is 0.191 e. The van der Waals surface area contributed by atoms with Crippen LogP contribution in [0.3, 0.4) is 0 Å². The van der Waals surface area contributed by atoms with Crippen molar-refractivity contribution in [2.24, 2.45) is 10.9 Å². The molecule has 6 nitrogen and oxygen atoms in total. The van der Waals surface area contributed by atoms with Gasteiger partial charge in [-0.1, -0.05) is 30.3 Å². The molecule has 1 heterocycles. The Hall–Kier alpha value is -2.00. The van der Waals surface area contributed by atoms with Crippen molar-refractivity contribution in [3.63, 3.8) is 0 Å². The molecule has 0 bridgehead atoms. The number of nitrogens with one attached hydrogen (secondary N) is 2. The molecule has 1 aliphatic rings. The molecule has 0 aromatic heterocycles. The Labute approximate surface area is 209 Å². The molecular weight excluding hydrogens is 515 g/mol. The number of hydrogen-bond donors (Lipinski definition) is 2. The molecule has 1 unspecified atom stereocenters. The summed E-state index contributed by atoms with van der Waals surface area (Å²) in [6.07, 6.45) is 1.19. The lowest BCUT2D eigenvalue weighted by molar-refractivity contribution is 0.110. The molecule has 2 aromatic rings. The van der Waals surface area contributed by atoms with Crippen LogP contribution < -0.4 is 20.3 Å². The zero-order valence-electron chi connectivity index (χ0n) is 19.5. The number of anilines is 1. The second kappa shape index (κ2) is 14.2. The SMILES string of the molecule is CCOCCOc1cc(C)ccc1CNC(=NC)NCC1CCN(c2ccccc2)C1.I. The number of para-hydroxylation sites is 1. The predicted molar refractivity (Wildman–Crippen MR) is 144 cm³/mol. The molecule has 0 saturated carbocycles. The predicted octanol–water partition coefficient (Wildman–Crippen LogP) is 4.22. The van der Waals surface area contributed by atoms with Crippen molar-refractivity contribution in [1.29, 1.82) is 0 Å². The Balaban J connectivity index is 0.00000363. The Morgan fingerprint density at radius 3 is 2.69 bits per heavy atom. The van der Waals surface area contributed by atoms with E-state index in [1.165, 1.54) is 17.7 Å². The summed E-state index contributed by atoms with van der Waals surface area (Å²) in [6, 6.07) is 16.9. The number of hydrogen-bond acceptors (Lipinski definition) is 4. The standard InChI is InChI=1S/C25H36N4O2.HI/c1-4-30-14-15-31-24-16-20(2)10-11-22(24)18-28-25(26-3)27-17-21-12-13-29(19-21)23-8-6-5-7-9-23;/h5-11,16,21H,4,12-15,17-19H2,1-3H3,(H2,26,27,28);1H. The maximum absolute atomic E-state index is 5.95. The highest BCUT2D eigenvalue weighted by Gasteiger charge is 2.22. The monoisotopic (exact) mass is 552 g/mol. The van der Waals surface area contributed by atoms with Gasteiger partial charge >= 0.3 is 0 Å². The van der Waals surface area contributed by atoms with E-state index in [9.17, 15) is 0 Å². The van der Waals surface area contributed by atoms with Gasteiger partial charge in [0.15, 0.2) is 5.96 Å². The lowest BCUT2D eigenvalue weighted by Gasteiger charge is -2.19. The molecule has 3 rings (SSSR count). The molecule has 2 aromatic carbocycles. The van der Waals surface area contributed by atoms with E-state index in [1.54, 1.807) is 0 Å². The summed E-state index contributed by atoms with van der Waals surface area (Å²) in [5, 5.41) is 6.92. The van der Waals surface area contributed by atoms with Gasteiger partial charge in [-0.05, 0) is 49.9 Å². The van der Waals surface area contributed by atoms with Gasteiger partial charge in [-0.3, -0.25) is 4.99 Å². The largest absolute Gasteiger partial charge is 0.491 e. The second-order valence-electron chi connectivity index (χ2n) is 7.90. The highest BCUT2D eigenvalue weighted by molar-refractivity contribution is 14.0. The Kier molecular flexibility index (Phi) is 11.7. The van der Waals surface area contributed by atoms with Crippen LogP contribution in [0.2, 0.25) is 0 Å². The molecule has 1 saturated heterocycles. The molecule has 0 amide bonds. The average Bonchev–Trinajstić information content (AvgIpc) is 3.27. The minimum Gasteiger partial charge on any atom is -0.491 e. The van der Waals surface area contributed by atoms with Crippen LogP contribution in [0, 0.1) is 12.8 Å². The van der Waals surface area contributed by atoms with Crippen LogP contribution in [0.4, 0.5) is 5.69 Å². The summed E-state index contributed by atoms with van der Waals surface area (Å²) < 4.78 is 11.3. The van der Waals surface area contributed by atoms with Gasteiger partial charge in [0.2, 0.25) is 0 Å². The lowest BCUT2D eigenvalue weighted by Crippen LogP contribution is -2.40. The number of halogens is 1. The van der Waals surface area contributed by atoms with Gasteiger partial charge in [0, 0.05) is 51.1 Å². The number of guanidine groups is 1. The minimum atomic E-state index is 0. The summed E-state index contributed by atoms with van der Waals surface area (Å²) in [5.41, 5.74) is 3.60. The molecule has 1 atom stereocenters.